The fourth-order valence-electron chi connectivity index (χ4n) is 0.346. The predicted molar refractivity (Wildman–Crippen MR) is 32.1 cm³/mol. The van der Waals surface area contributed by atoms with E-state index in [1.165, 1.54) is 0 Å². The largest absolute Gasteiger partial charge is 0.272 e. The third-order valence-corrected chi connectivity index (χ3v) is 1.11. The Morgan fingerprint density at radius 1 is 1.50 bits per heavy atom. The molecule has 0 amide bonds. The van der Waals surface area contributed by atoms with Crippen molar-refractivity contribution >= 4 is 11.9 Å². The van der Waals surface area contributed by atoms with Gasteiger partial charge in [-0.2, -0.15) is 0 Å². The quantitative estimate of drug-likeness (QED) is 0.556. The number of hydrogen-bond donors (Lipinski definition) is 1. The lowest BCUT2D eigenvalue weighted by molar-refractivity contribution is 1.06. The number of aromatic nitrogens is 2. The molecule has 0 atom stereocenters. The van der Waals surface area contributed by atoms with E-state index in [4.69, 9.17) is 5.14 Å². The molecule has 1 aromatic rings. The first-order chi connectivity index (χ1) is 3.93. The average molecular weight is 127 g/mol. The van der Waals surface area contributed by atoms with Gasteiger partial charge in [-0.15, -0.1) is 0 Å². The highest BCUT2D eigenvalue weighted by Gasteiger charge is 1.84. The van der Waals surface area contributed by atoms with Crippen LogP contribution in [0.3, 0.4) is 0 Å². The van der Waals surface area contributed by atoms with Crippen molar-refractivity contribution in [1.82, 2.24) is 9.97 Å². The van der Waals surface area contributed by atoms with Gasteiger partial charge in [0.15, 0.2) is 0 Å². The van der Waals surface area contributed by atoms with Crippen LogP contribution in [0.2, 0.25) is 0 Å². The van der Waals surface area contributed by atoms with Crippen LogP contribution in [0.25, 0.3) is 0 Å². The summed E-state index contributed by atoms with van der Waals surface area (Å²) < 4.78 is 0. The van der Waals surface area contributed by atoms with Crippen LogP contribution in [0.5, 0.6) is 0 Å². The minimum absolute atomic E-state index is 0.743. The first kappa shape index (κ1) is 5.53. The summed E-state index contributed by atoms with van der Waals surface area (Å²) in [5.41, 5.74) is 0. The molecular weight excluding hydrogens is 122 g/mol. The first-order valence-electron chi connectivity index (χ1n) is 2.06. The van der Waals surface area contributed by atoms with Gasteiger partial charge in [-0.05, 0) is 11.9 Å². The van der Waals surface area contributed by atoms with Crippen LogP contribution >= 0.6 is 11.9 Å². The smallest absolute Gasteiger partial charge is 0.129 e. The normalized spacial score (nSPS) is 9.12. The Kier molecular flexibility index (Phi) is 1.82. The standard InChI is InChI=1S/C4H5N3S/c5-8-4-3-6-1-2-7-4/h1-3H,5H2. The Morgan fingerprint density at radius 3 is 2.75 bits per heavy atom. The second-order valence-electron chi connectivity index (χ2n) is 1.16. The van der Waals surface area contributed by atoms with Gasteiger partial charge in [-0.1, -0.05) is 0 Å². The summed E-state index contributed by atoms with van der Waals surface area (Å²) in [6.07, 6.45) is 4.83. The maximum absolute atomic E-state index is 5.16. The van der Waals surface area contributed by atoms with E-state index in [0.29, 0.717) is 0 Å². The zero-order chi connectivity index (χ0) is 5.82. The van der Waals surface area contributed by atoms with Gasteiger partial charge in [-0.25, -0.2) is 4.98 Å². The van der Waals surface area contributed by atoms with Crippen molar-refractivity contribution < 1.29 is 0 Å². The van der Waals surface area contributed by atoms with Gasteiger partial charge < -0.3 is 0 Å². The van der Waals surface area contributed by atoms with E-state index in [0.717, 1.165) is 17.0 Å². The van der Waals surface area contributed by atoms with Crippen molar-refractivity contribution in [1.29, 1.82) is 0 Å². The van der Waals surface area contributed by atoms with E-state index in [1.807, 2.05) is 0 Å². The lowest BCUT2D eigenvalue weighted by atomic mass is 10.8. The second-order valence-corrected chi connectivity index (χ2v) is 1.82. The van der Waals surface area contributed by atoms with E-state index in [-0.39, 0.29) is 0 Å². The Hall–Kier alpha value is -0.610. The van der Waals surface area contributed by atoms with Gasteiger partial charge in [-0.3, -0.25) is 10.1 Å². The van der Waals surface area contributed by atoms with Gasteiger partial charge in [0.05, 0.1) is 6.20 Å². The summed E-state index contributed by atoms with van der Waals surface area (Å²) >= 11 is 1.10. The van der Waals surface area contributed by atoms with Gasteiger partial charge in [0.2, 0.25) is 0 Å². The molecule has 1 aromatic heterocycles. The summed E-state index contributed by atoms with van der Waals surface area (Å²) in [5.74, 6) is 0. The highest BCUT2D eigenvalue weighted by Crippen LogP contribution is 2.01. The molecule has 0 radical (unpaired) electrons. The summed E-state index contributed by atoms with van der Waals surface area (Å²) in [4.78, 5) is 7.66. The zero-order valence-electron chi connectivity index (χ0n) is 4.11. The molecule has 2 N–H and O–H groups in total. The van der Waals surface area contributed by atoms with Crippen molar-refractivity contribution in [3.63, 3.8) is 0 Å². The molecule has 0 fully saturated rings. The predicted octanol–water partition coefficient (Wildman–Crippen LogP) is 0.442. The third-order valence-electron chi connectivity index (χ3n) is 0.660. The van der Waals surface area contributed by atoms with Gasteiger partial charge >= 0.3 is 0 Å². The van der Waals surface area contributed by atoms with Crippen molar-refractivity contribution in [2.75, 3.05) is 0 Å². The molecule has 1 heterocycles. The second kappa shape index (κ2) is 2.64. The number of nitrogens with zero attached hydrogens (tertiary/aromatic N) is 2. The van der Waals surface area contributed by atoms with Crippen LogP contribution in [0, 0.1) is 0 Å². The molecule has 1 rings (SSSR count). The molecule has 0 aliphatic rings. The van der Waals surface area contributed by atoms with Crippen molar-refractivity contribution in [3.8, 4) is 0 Å². The minimum Gasteiger partial charge on any atom is -0.272 e. The Bertz CT molecular complexity index is 153. The highest BCUT2D eigenvalue weighted by molar-refractivity contribution is 7.97. The molecule has 0 spiro atoms. The topological polar surface area (TPSA) is 51.8 Å². The molecule has 0 bridgehead atoms. The number of hydrogen-bond acceptors (Lipinski definition) is 4. The summed E-state index contributed by atoms with van der Waals surface area (Å²) in [6.45, 7) is 0. The van der Waals surface area contributed by atoms with Gasteiger partial charge in [0.1, 0.15) is 5.03 Å². The molecule has 0 unspecified atom stereocenters. The first-order valence-corrected chi connectivity index (χ1v) is 2.94. The molecule has 0 saturated carbocycles. The minimum atomic E-state index is 0.743. The molecule has 3 nitrogen and oxygen atoms in total. The lowest BCUT2D eigenvalue weighted by Crippen LogP contribution is -1.83. The van der Waals surface area contributed by atoms with E-state index >= 15 is 0 Å². The number of rotatable bonds is 1. The fraction of sp³-hybridized carbons (Fsp3) is 0. The Labute approximate surface area is 51.5 Å². The van der Waals surface area contributed by atoms with Gasteiger partial charge in [0.25, 0.3) is 0 Å². The summed E-state index contributed by atoms with van der Waals surface area (Å²) in [7, 11) is 0. The van der Waals surface area contributed by atoms with Crippen LogP contribution < -0.4 is 5.14 Å². The fourth-order valence-corrected chi connectivity index (χ4v) is 0.590. The van der Waals surface area contributed by atoms with E-state index in [9.17, 15) is 0 Å². The number of nitrogens with two attached hydrogens (primary N) is 1. The van der Waals surface area contributed by atoms with Gasteiger partial charge in [0, 0.05) is 12.4 Å². The van der Waals surface area contributed by atoms with E-state index in [1.54, 1.807) is 18.6 Å². The van der Waals surface area contributed by atoms with Crippen LogP contribution in [-0.4, -0.2) is 9.97 Å². The Morgan fingerprint density at radius 2 is 2.38 bits per heavy atom. The van der Waals surface area contributed by atoms with Crippen LogP contribution in [0.15, 0.2) is 23.6 Å². The van der Waals surface area contributed by atoms with Crippen molar-refractivity contribution in [2.24, 2.45) is 5.14 Å². The SMILES string of the molecule is NSc1cnccn1. The maximum atomic E-state index is 5.16. The average Bonchev–Trinajstić information content (AvgIpc) is 1.90. The molecule has 4 heteroatoms. The van der Waals surface area contributed by atoms with Crippen molar-refractivity contribution in [3.05, 3.63) is 18.6 Å². The molecular formula is C4H5N3S. The summed E-state index contributed by atoms with van der Waals surface area (Å²) in [6, 6.07) is 0. The molecule has 0 aliphatic carbocycles. The molecule has 0 aromatic carbocycles. The molecule has 8 heavy (non-hydrogen) atoms. The lowest BCUT2D eigenvalue weighted by Gasteiger charge is -1.87. The highest BCUT2D eigenvalue weighted by atomic mass is 32.2. The summed E-state index contributed by atoms with van der Waals surface area (Å²) in [5, 5.41) is 5.91. The zero-order valence-corrected chi connectivity index (χ0v) is 4.93. The molecule has 42 valence electrons. The van der Waals surface area contributed by atoms with E-state index < -0.39 is 0 Å². The van der Waals surface area contributed by atoms with E-state index in [2.05, 4.69) is 9.97 Å². The maximum Gasteiger partial charge on any atom is 0.129 e. The third kappa shape index (κ3) is 1.18. The van der Waals surface area contributed by atoms with Crippen LogP contribution in [-0.2, 0) is 0 Å². The van der Waals surface area contributed by atoms with Crippen LogP contribution in [0.1, 0.15) is 0 Å². The monoisotopic (exact) mass is 127 g/mol. The molecule has 0 saturated heterocycles. The van der Waals surface area contributed by atoms with Crippen molar-refractivity contribution in [2.45, 2.75) is 5.03 Å². The van der Waals surface area contributed by atoms with Crippen LogP contribution in [0.4, 0.5) is 0 Å². The Balaban J connectivity index is 2.83. The molecule has 0 aliphatic heterocycles.